The Hall–Kier alpha value is 0.0439. The molecule has 113 valence electrons. The second-order valence-corrected chi connectivity index (χ2v) is 6.84. The molecule has 2 rings (SSSR count). The number of benzene rings is 1. The van der Waals surface area contributed by atoms with Gasteiger partial charge in [0.15, 0.2) is 5.54 Å². The zero-order valence-electron chi connectivity index (χ0n) is 13.6. The second-order valence-electron chi connectivity index (χ2n) is 6.40. The summed E-state index contributed by atoms with van der Waals surface area (Å²) >= 11 is 6.04. The zero-order chi connectivity index (χ0) is 15.1. The van der Waals surface area contributed by atoms with Gasteiger partial charge in [-0.15, -0.1) is 0 Å². The van der Waals surface area contributed by atoms with Gasteiger partial charge in [0.1, 0.15) is 0 Å². The minimum absolute atomic E-state index is 0. The Kier molecular flexibility index (Phi) is 6.05. The molecule has 3 nitrogen and oxygen atoms in total. The molecule has 0 aromatic heterocycles. The fraction of sp³-hybridized carbons (Fsp3) is 0.562. The molecule has 21 heavy (non-hydrogen) atoms. The minimum atomic E-state index is -0.257. The van der Waals surface area contributed by atoms with E-state index in [-0.39, 0.29) is 44.2 Å². The molecule has 1 aromatic carbocycles. The number of rotatable bonds is 4. The number of hydrogen-bond donors (Lipinski definition) is 1. The molecule has 1 saturated carbocycles. The number of quaternary nitrogens is 1. The predicted octanol–water partition coefficient (Wildman–Crippen LogP) is 3.52. The van der Waals surface area contributed by atoms with Gasteiger partial charge in [0.05, 0.1) is 20.6 Å². The molecule has 0 heterocycles. The van der Waals surface area contributed by atoms with Gasteiger partial charge in [-0.1, -0.05) is 11.6 Å². The van der Waals surface area contributed by atoms with Gasteiger partial charge in [0.25, 0.3) is 5.91 Å². The molecule has 0 unspecified atom stereocenters. The topological polar surface area (TPSA) is 29.1 Å². The summed E-state index contributed by atoms with van der Waals surface area (Å²) in [5, 5.41) is 3.85. The molecule has 1 fully saturated rings. The number of aryl methyl sites for hydroxylation is 2. The van der Waals surface area contributed by atoms with Crippen molar-refractivity contribution in [3.05, 3.63) is 28.3 Å². The number of anilines is 1. The van der Waals surface area contributed by atoms with Crippen LogP contribution in [0.25, 0.3) is 0 Å². The van der Waals surface area contributed by atoms with Crippen LogP contribution in [0.3, 0.4) is 0 Å². The first kappa shape index (κ1) is 19.1. The molecule has 1 aliphatic carbocycles. The van der Waals surface area contributed by atoms with Gasteiger partial charge in [-0.25, -0.2) is 0 Å². The van der Waals surface area contributed by atoms with Crippen LogP contribution >= 0.6 is 11.6 Å². The second kappa shape index (κ2) is 6.66. The number of nitrogens with zero attached hydrogens (tertiary/aromatic N) is 1. The standard InChI is InChI=1S/C16H23ClN2O.Y/c1-6-19(4,5)16(7-8-16)15(20)18-14-11(2)9-13(17)10-12(14)3;/h9-10H,6-8H2,1-5H3;/p+1. The minimum Gasteiger partial charge on any atom is -0.320 e. The molecule has 5 heteroatoms. The van der Waals surface area contributed by atoms with Gasteiger partial charge >= 0.3 is 0 Å². The van der Waals surface area contributed by atoms with Crippen molar-refractivity contribution < 1.29 is 42.0 Å². The predicted molar refractivity (Wildman–Crippen MR) is 84.2 cm³/mol. The molecule has 0 bridgehead atoms. The average molecular weight is 385 g/mol. The van der Waals surface area contributed by atoms with Gasteiger partial charge < -0.3 is 9.80 Å². The van der Waals surface area contributed by atoms with Crippen molar-refractivity contribution in [2.24, 2.45) is 0 Å². The first-order valence-corrected chi connectivity index (χ1v) is 7.52. The van der Waals surface area contributed by atoms with E-state index in [0.717, 1.165) is 40.7 Å². The Morgan fingerprint density at radius 1 is 1.29 bits per heavy atom. The van der Waals surface area contributed by atoms with E-state index in [9.17, 15) is 4.79 Å². The van der Waals surface area contributed by atoms with Crippen LogP contribution < -0.4 is 5.32 Å². The third-order valence-corrected chi connectivity index (χ3v) is 5.05. The van der Waals surface area contributed by atoms with E-state index in [1.807, 2.05) is 26.0 Å². The maximum absolute atomic E-state index is 12.7. The third kappa shape index (κ3) is 3.52. The third-order valence-electron chi connectivity index (χ3n) is 4.83. The Labute approximate surface area is 157 Å². The Morgan fingerprint density at radius 2 is 1.76 bits per heavy atom. The number of carbonyl (C=O) groups excluding carboxylic acids is 1. The van der Waals surface area contributed by atoms with Crippen LogP contribution in [0.15, 0.2) is 12.1 Å². The number of halogens is 1. The molecule has 0 spiro atoms. The van der Waals surface area contributed by atoms with Crippen LogP contribution in [-0.2, 0) is 37.5 Å². The van der Waals surface area contributed by atoms with Crippen molar-refractivity contribution in [3.8, 4) is 0 Å². The van der Waals surface area contributed by atoms with E-state index in [2.05, 4.69) is 26.3 Å². The fourth-order valence-corrected chi connectivity index (χ4v) is 3.19. The Bertz CT molecular complexity index is 530. The van der Waals surface area contributed by atoms with Gasteiger partial charge in [-0.05, 0) is 44.0 Å². The molecule has 1 aromatic rings. The van der Waals surface area contributed by atoms with E-state index >= 15 is 0 Å². The van der Waals surface area contributed by atoms with Crippen molar-refractivity contribution in [1.82, 2.24) is 0 Å². The van der Waals surface area contributed by atoms with Gasteiger partial charge in [-0.2, -0.15) is 0 Å². The molecule has 1 amide bonds. The number of nitrogens with one attached hydrogen (secondary N) is 1. The van der Waals surface area contributed by atoms with Crippen LogP contribution in [-0.4, -0.2) is 36.6 Å². The molecular formula is C16H24ClN2OY+. The first-order valence-electron chi connectivity index (χ1n) is 7.15. The monoisotopic (exact) mass is 384 g/mol. The summed E-state index contributed by atoms with van der Waals surface area (Å²) in [7, 11) is 4.27. The smallest absolute Gasteiger partial charge is 0.285 e. The normalized spacial score (nSPS) is 16.1. The molecule has 0 saturated heterocycles. The number of likely N-dealkylation sites (N-methyl/N-ethyl adjacent to an activating group) is 1. The SMILES string of the molecule is CC[N+](C)(C)C1(C(=O)Nc2c(C)cc(Cl)cc2C)CC1.[Y]. The summed E-state index contributed by atoms with van der Waals surface area (Å²) in [6.45, 7) is 7.04. The molecule has 1 N–H and O–H groups in total. The van der Waals surface area contributed by atoms with Gasteiger partial charge in [0, 0.05) is 56.3 Å². The summed E-state index contributed by atoms with van der Waals surface area (Å²) in [6, 6.07) is 3.78. The number of amides is 1. The van der Waals surface area contributed by atoms with Crippen LogP contribution in [0.5, 0.6) is 0 Å². The average Bonchev–Trinajstić information content (AvgIpc) is 3.15. The van der Waals surface area contributed by atoms with Crippen molar-refractivity contribution >= 4 is 23.2 Å². The van der Waals surface area contributed by atoms with E-state index in [1.165, 1.54) is 0 Å². The van der Waals surface area contributed by atoms with Gasteiger partial charge in [-0.3, -0.25) is 4.79 Å². The summed E-state index contributed by atoms with van der Waals surface area (Å²) < 4.78 is 0.741. The summed E-state index contributed by atoms with van der Waals surface area (Å²) in [4.78, 5) is 12.7. The van der Waals surface area contributed by atoms with E-state index in [1.54, 1.807) is 0 Å². The molecule has 0 atom stereocenters. The quantitative estimate of drug-likeness (QED) is 0.791. The molecular weight excluding hydrogens is 361 g/mol. The largest absolute Gasteiger partial charge is 0.320 e. The Balaban J connectivity index is 0.00000220. The van der Waals surface area contributed by atoms with Crippen molar-refractivity contribution in [1.29, 1.82) is 0 Å². The van der Waals surface area contributed by atoms with Crippen molar-refractivity contribution in [2.45, 2.75) is 39.2 Å². The fourth-order valence-electron chi connectivity index (χ4n) is 2.87. The molecule has 1 radical (unpaired) electrons. The first-order chi connectivity index (χ1) is 9.23. The van der Waals surface area contributed by atoms with E-state index < -0.39 is 0 Å². The summed E-state index contributed by atoms with van der Waals surface area (Å²) in [5.74, 6) is 0.137. The zero-order valence-corrected chi connectivity index (χ0v) is 17.2. The number of carbonyl (C=O) groups is 1. The maximum atomic E-state index is 12.7. The van der Waals surface area contributed by atoms with Gasteiger partial charge in [0.2, 0.25) is 0 Å². The molecule has 1 aliphatic rings. The number of hydrogen-bond acceptors (Lipinski definition) is 1. The van der Waals surface area contributed by atoms with Crippen LogP contribution in [0.4, 0.5) is 5.69 Å². The van der Waals surface area contributed by atoms with Crippen LogP contribution in [0.2, 0.25) is 5.02 Å². The summed E-state index contributed by atoms with van der Waals surface area (Å²) in [6.07, 6.45) is 1.93. The van der Waals surface area contributed by atoms with Crippen LogP contribution in [0, 0.1) is 13.8 Å². The Morgan fingerprint density at radius 3 is 2.14 bits per heavy atom. The summed E-state index contributed by atoms with van der Waals surface area (Å²) in [5.41, 5.74) is 2.68. The maximum Gasteiger partial charge on any atom is 0.285 e. The van der Waals surface area contributed by atoms with Crippen LogP contribution in [0.1, 0.15) is 30.9 Å². The van der Waals surface area contributed by atoms with E-state index in [0.29, 0.717) is 5.02 Å². The van der Waals surface area contributed by atoms with E-state index in [4.69, 9.17) is 11.6 Å². The molecule has 0 aliphatic heterocycles. The van der Waals surface area contributed by atoms with Crippen molar-refractivity contribution in [3.63, 3.8) is 0 Å². The van der Waals surface area contributed by atoms with Crippen molar-refractivity contribution in [2.75, 3.05) is 26.0 Å².